The molecule has 59 heavy (non-hydrogen) atoms. The van der Waals surface area contributed by atoms with Crippen molar-refractivity contribution in [3.8, 4) is 0 Å². The van der Waals surface area contributed by atoms with Gasteiger partial charge in [0.2, 0.25) is 0 Å². The van der Waals surface area contributed by atoms with Crippen LogP contribution < -0.4 is 21.7 Å². The van der Waals surface area contributed by atoms with Crippen LogP contribution in [0.1, 0.15) is 64.3 Å². The number of halogens is 1. The number of alkyl halides is 1. The highest BCUT2D eigenvalue weighted by Crippen LogP contribution is 2.19. The SMILES string of the molecule is COC(=O)c1cc(NC(=O)c2cc(N)cn2C)cn1C.COC(=O)c1cc(NC(=O)c2cc(NC(=O)c3cccn3C)cn2C)cn1C.Cn1cccc1C(=O)O.[2H]CF. The second kappa shape index (κ2) is 20.4. The molecule has 0 bridgehead atoms. The van der Waals surface area contributed by atoms with Gasteiger partial charge >= 0.3 is 17.9 Å². The van der Waals surface area contributed by atoms with Gasteiger partial charge in [0.15, 0.2) is 0 Å². The number of carboxylic acid groups (broad SMARTS) is 1. The zero-order valence-corrected chi connectivity index (χ0v) is 33.6. The number of aromatic carboxylic acids is 1. The molecular weight excluding hydrogens is 771 g/mol. The molecular formula is C39H47FN10O9. The van der Waals surface area contributed by atoms with Crippen LogP contribution in [0.3, 0.4) is 0 Å². The minimum absolute atomic E-state index is 0.268. The van der Waals surface area contributed by atoms with E-state index in [1.165, 1.54) is 20.3 Å². The third-order valence-corrected chi connectivity index (χ3v) is 8.41. The molecule has 0 saturated carbocycles. The minimum Gasteiger partial charge on any atom is -0.477 e. The maximum atomic E-state index is 12.6. The molecule has 0 aliphatic heterocycles. The molecule has 0 aliphatic carbocycles. The third-order valence-electron chi connectivity index (χ3n) is 8.41. The molecule has 0 atom stereocenters. The third kappa shape index (κ3) is 11.6. The number of aromatic nitrogens is 6. The summed E-state index contributed by atoms with van der Waals surface area (Å²) < 4.78 is 34.5. The monoisotopic (exact) mass is 819 g/mol. The molecule has 19 nitrogen and oxygen atoms in total. The van der Waals surface area contributed by atoms with E-state index in [-0.39, 0.29) is 17.7 Å². The van der Waals surface area contributed by atoms with Crippen LogP contribution in [0.5, 0.6) is 0 Å². The van der Waals surface area contributed by atoms with Gasteiger partial charge in [-0.25, -0.2) is 14.4 Å². The number of carboxylic acids is 1. The Bertz CT molecular complexity index is 2470. The summed E-state index contributed by atoms with van der Waals surface area (Å²) in [4.78, 5) is 70.4. The van der Waals surface area contributed by atoms with Crippen molar-refractivity contribution in [3.63, 3.8) is 0 Å². The molecule has 6 aromatic rings. The van der Waals surface area contributed by atoms with Crippen LogP contribution in [-0.4, -0.2) is 89.5 Å². The number of nitrogens with zero attached hydrogens (tertiary/aromatic N) is 6. The normalized spacial score (nSPS) is 10.3. The second-order valence-electron chi connectivity index (χ2n) is 12.6. The Kier molecular flexibility index (Phi) is 15.2. The van der Waals surface area contributed by atoms with Gasteiger partial charge in [0.25, 0.3) is 17.7 Å². The first-order valence-electron chi connectivity index (χ1n) is 17.9. The van der Waals surface area contributed by atoms with Crippen LogP contribution in [0.2, 0.25) is 0 Å². The largest absolute Gasteiger partial charge is 0.477 e. The summed E-state index contributed by atoms with van der Waals surface area (Å²) in [5, 5.41) is 16.7. The maximum absolute atomic E-state index is 12.6. The van der Waals surface area contributed by atoms with Crippen molar-refractivity contribution in [2.45, 2.75) is 0 Å². The van der Waals surface area contributed by atoms with Gasteiger partial charge < -0.3 is 63.7 Å². The molecule has 3 amide bonds. The van der Waals surface area contributed by atoms with Crippen LogP contribution >= 0.6 is 0 Å². The van der Waals surface area contributed by atoms with E-state index >= 15 is 0 Å². The van der Waals surface area contributed by atoms with Gasteiger partial charge in [-0.15, -0.1) is 0 Å². The first-order chi connectivity index (χ1) is 28.3. The number of carbonyl (C=O) groups is 6. The fourth-order valence-corrected chi connectivity index (χ4v) is 5.52. The van der Waals surface area contributed by atoms with Crippen LogP contribution in [0.25, 0.3) is 0 Å². The van der Waals surface area contributed by atoms with Gasteiger partial charge in [-0.1, -0.05) is 0 Å². The summed E-state index contributed by atoms with van der Waals surface area (Å²) in [6.45, 7) is 0. The highest BCUT2D eigenvalue weighted by molar-refractivity contribution is 6.07. The number of hydrogen-bond acceptors (Lipinski definition) is 9. The number of aryl methyl sites for hydroxylation is 6. The lowest BCUT2D eigenvalue weighted by atomic mass is 10.3. The number of methoxy groups -OCH3 is 2. The Hall–Kier alpha value is -7.77. The lowest BCUT2D eigenvalue weighted by Crippen LogP contribution is -2.15. The van der Waals surface area contributed by atoms with Gasteiger partial charge in [-0.3, -0.25) is 18.8 Å². The lowest BCUT2D eigenvalue weighted by molar-refractivity contribution is 0.0581. The van der Waals surface area contributed by atoms with E-state index in [4.69, 9.17) is 16.9 Å². The minimum atomic E-state index is -1.00. The number of hydrogen-bond donors (Lipinski definition) is 5. The second-order valence-corrected chi connectivity index (χ2v) is 12.6. The van der Waals surface area contributed by atoms with Gasteiger partial charge in [0.1, 0.15) is 34.2 Å². The molecule has 0 aromatic carbocycles. The molecule has 6 N–H and O–H groups in total. The van der Waals surface area contributed by atoms with Crippen molar-refractivity contribution in [1.29, 1.82) is 0 Å². The van der Waals surface area contributed by atoms with E-state index in [9.17, 15) is 33.2 Å². The molecule has 6 aromatic heterocycles. The number of rotatable bonds is 9. The van der Waals surface area contributed by atoms with E-state index in [0.29, 0.717) is 56.9 Å². The molecule has 0 aliphatic rings. The van der Waals surface area contributed by atoms with Crippen LogP contribution in [0.15, 0.2) is 85.7 Å². The fourth-order valence-electron chi connectivity index (χ4n) is 5.52. The summed E-state index contributed by atoms with van der Waals surface area (Å²) in [5.74, 6) is -2.78. The average Bonchev–Trinajstić information content (AvgIpc) is 4.06. The van der Waals surface area contributed by atoms with Crippen molar-refractivity contribution in [1.82, 2.24) is 27.4 Å². The van der Waals surface area contributed by atoms with E-state index in [0.717, 1.165) is 0 Å². The Morgan fingerprint density at radius 3 is 1.24 bits per heavy atom. The van der Waals surface area contributed by atoms with Crippen molar-refractivity contribution in [2.75, 3.05) is 43.1 Å². The number of esters is 2. The first-order valence-corrected chi connectivity index (χ1v) is 17.2. The standard InChI is InChI=1S/C19H21N5O4.C13H16N4O3.C6H7NO2.CH3F/c1-22-7-5-6-14(22)17(25)20-12-8-15(23(2)10-12)18(26)21-13-9-16(19(27)28-4)24(3)11-13;1-16-6-8(14)4-10(16)12(18)15-9-5-11(13(19)20-3)17(2)7-9;1-7-4-2-3-5(7)6(8)9;1-2/h5-11H,1-4H3,(H,20,25)(H,21,26);4-7H,14H2,1-3H3,(H,15,18);2-4H,1H3,(H,8,9);1H3/i;;;1D. The van der Waals surface area contributed by atoms with E-state index in [1.54, 1.807) is 149 Å². The summed E-state index contributed by atoms with van der Waals surface area (Å²) in [6, 6.07) is 13.0. The zero-order chi connectivity index (χ0) is 44.8. The van der Waals surface area contributed by atoms with Crippen LogP contribution in [0.4, 0.5) is 27.1 Å². The number of ether oxygens (including phenoxy) is 2. The van der Waals surface area contributed by atoms with Crippen LogP contribution in [-0.2, 0) is 51.8 Å². The lowest BCUT2D eigenvalue weighted by Gasteiger charge is -2.03. The topological polar surface area (TPSA) is 233 Å². The first kappa shape index (κ1) is 44.0. The predicted octanol–water partition coefficient (Wildman–Crippen LogP) is 4.29. The molecule has 0 fully saturated rings. The summed E-state index contributed by atoms with van der Waals surface area (Å²) in [6.07, 6.45) is 10.0. The van der Waals surface area contributed by atoms with Gasteiger partial charge in [0, 0.05) is 79.5 Å². The number of amides is 3. The molecule has 0 saturated heterocycles. The van der Waals surface area contributed by atoms with Crippen molar-refractivity contribution in [2.24, 2.45) is 42.3 Å². The van der Waals surface area contributed by atoms with Crippen molar-refractivity contribution >= 4 is 58.4 Å². The number of anilines is 4. The number of nitrogens with two attached hydrogens (primary N) is 1. The number of carbonyl (C=O) groups excluding carboxylic acids is 5. The fraction of sp³-hybridized carbons (Fsp3) is 0.231. The summed E-state index contributed by atoms with van der Waals surface area (Å²) in [7, 11) is 11.9. The van der Waals surface area contributed by atoms with Crippen molar-refractivity contribution in [3.05, 3.63) is 120 Å². The van der Waals surface area contributed by atoms with Crippen LogP contribution in [0, 0.1) is 0 Å². The highest BCUT2D eigenvalue weighted by Gasteiger charge is 2.19. The van der Waals surface area contributed by atoms with Crippen molar-refractivity contribution < 1.29 is 49.1 Å². The summed E-state index contributed by atoms with van der Waals surface area (Å²) >= 11 is 0. The zero-order valence-electron chi connectivity index (χ0n) is 34.6. The van der Waals surface area contributed by atoms with Gasteiger partial charge in [-0.05, 0) is 48.5 Å². The number of nitrogens with one attached hydrogen (secondary N) is 3. The van der Waals surface area contributed by atoms with E-state index < -0.39 is 25.1 Å². The Balaban J connectivity index is 0.000000259. The molecule has 0 spiro atoms. The Morgan fingerprint density at radius 2 is 0.915 bits per heavy atom. The smallest absolute Gasteiger partial charge is 0.354 e. The quantitative estimate of drug-likeness (QED) is 0.130. The molecule has 0 radical (unpaired) electrons. The maximum Gasteiger partial charge on any atom is 0.354 e. The average molecular weight is 820 g/mol. The predicted molar refractivity (Wildman–Crippen MR) is 217 cm³/mol. The van der Waals surface area contributed by atoms with E-state index in [2.05, 4.69) is 20.7 Å². The number of nitrogen functional groups attached to an aromatic ring is 1. The highest BCUT2D eigenvalue weighted by atomic mass is 19.1. The Labute approximate surface area is 339 Å². The van der Waals surface area contributed by atoms with Gasteiger partial charge in [0.05, 0.1) is 45.5 Å². The molecule has 6 rings (SSSR count). The molecule has 6 heterocycles. The Morgan fingerprint density at radius 1 is 0.576 bits per heavy atom. The summed E-state index contributed by atoms with van der Waals surface area (Å²) in [5.41, 5.74) is 9.91. The molecule has 20 heteroatoms. The van der Waals surface area contributed by atoms with E-state index in [1.807, 2.05) is 0 Å². The van der Waals surface area contributed by atoms with Gasteiger partial charge in [-0.2, -0.15) is 0 Å². The molecule has 314 valence electrons. The molecule has 0 unspecified atom stereocenters.